The molecule has 0 saturated carbocycles. The van der Waals surface area contributed by atoms with Crippen LogP contribution in [-0.2, 0) is 14.8 Å². The Morgan fingerprint density at radius 2 is 1.63 bits per heavy atom. The number of halogens is 2. The zero-order valence-electron chi connectivity index (χ0n) is 16.1. The van der Waals surface area contributed by atoms with Crippen LogP contribution in [0.4, 0.5) is 4.39 Å². The lowest BCUT2D eigenvalue weighted by atomic mass is 10.2. The maximum Gasteiger partial charge on any atom is 0.251 e. The molecule has 10 heteroatoms. The van der Waals surface area contributed by atoms with Gasteiger partial charge in [-0.15, -0.1) is 0 Å². The predicted molar refractivity (Wildman–Crippen MR) is 113 cm³/mol. The number of amides is 2. The lowest BCUT2D eigenvalue weighted by Crippen LogP contribution is -2.51. The number of hydrogen-bond acceptors (Lipinski definition) is 4. The van der Waals surface area contributed by atoms with Crippen molar-refractivity contribution in [1.82, 2.24) is 14.5 Å². The van der Waals surface area contributed by atoms with E-state index >= 15 is 0 Å². The summed E-state index contributed by atoms with van der Waals surface area (Å²) in [6.45, 7) is 0.795. The molecule has 0 spiro atoms. The first-order chi connectivity index (χ1) is 14.3. The first kappa shape index (κ1) is 22.4. The largest absolute Gasteiger partial charge is 0.352 e. The summed E-state index contributed by atoms with van der Waals surface area (Å²) in [5.41, 5.74) is 0.498. The van der Waals surface area contributed by atoms with Gasteiger partial charge in [0, 0.05) is 49.2 Å². The molecule has 3 rings (SSSR count). The van der Waals surface area contributed by atoms with Gasteiger partial charge in [0.2, 0.25) is 15.9 Å². The second kappa shape index (κ2) is 9.67. The number of carbonyl (C=O) groups excluding carboxylic acids is 2. The zero-order chi connectivity index (χ0) is 21.7. The van der Waals surface area contributed by atoms with Crippen LogP contribution in [0.15, 0.2) is 57.9 Å². The molecule has 0 atom stereocenters. The third kappa shape index (κ3) is 5.24. The van der Waals surface area contributed by atoms with Crippen LogP contribution in [-0.4, -0.2) is 62.2 Å². The van der Waals surface area contributed by atoms with Crippen LogP contribution >= 0.6 is 15.9 Å². The van der Waals surface area contributed by atoms with Gasteiger partial charge in [0.05, 0.1) is 0 Å². The molecule has 160 valence electrons. The fourth-order valence-electron chi connectivity index (χ4n) is 3.12. The Labute approximate surface area is 183 Å². The van der Waals surface area contributed by atoms with Gasteiger partial charge in [-0.05, 0) is 36.4 Å². The van der Waals surface area contributed by atoms with Gasteiger partial charge in [-0.3, -0.25) is 9.59 Å². The van der Waals surface area contributed by atoms with E-state index in [0.717, 1.165) is 10.5 Å². The Morgan fingerprint density at radius 3 is 2.27 bits per heavy atom. The Bertz CT molecular complexity index is 1020. The molecule has 7 nitrogen and oxygen atoms in total. The summed E-state index contributed by atoms with van der Waals surface area (Å²) in [7, 11) is -3.94. The highest BCUT2D eigenvalue weighted by molar-refractivity contribution is 9.10. The van der Waals surface area contributed by atoms with Crippen molar-refractivity contribution < 1.29 is 22.4 Å². The van der Waals surface area contributed by atoms with Gasteiger partial charge in [0.25, 0.3) is 5.91 Å². The number of benzene rings is 2. The maximum atomic E-state index is 13.9. The van der Waals surface area contributed by atoms with Crippen LogP contribution in [0.5, 0.6) is 0 Å². The molecule has 1 aliphatic heterocycles. The topological polar surface area (TPSA) is 86.8 Å². The third-order valence-corrected chi connectivity index (χ3v) is 7.24. The molecule has 2 aromatic carbocycles. The van der Waals surface area contributed by atoms with Crippen LogP contribution in [0.2, 0.25) is 0 Å². The number of hydrogen-bond donors (Lipinski definition) is 1. The highest BCUT2D eigenvalue weighted by Gasteiger charge is 2.31. The van der Waals surface area contributed by atoms with Crippen molar-refractivity contribution in [2.75, 3.05) is 32.7 Å². The van der Waals surface area contributed by atoms with Crippen molar-refractivity contribution in [3.63, 3.8) is 0 Å². The smallest absolute Gasteiger partial charge is 0.251 e. The summed E-state index contributed by atoms with van der Waals surface area (Å²) in [5.74, 6) is -1.23. The van der Waals surface area contributed by atoms with E-state index in [2.05, 4.69) is 21.2 Å². The Kier molecular flexibility index (Phi) is 7.22. The van der Waals surface area contributed by atoms with Crippen LogP contribution in [0.1, 0.15) is 16.8 Å². The monoisotopic (exact) mass is 497 g/mol. The lowest BCUT2D eigenvalue weighted by Gasteiger charge is -2.34. The zero-order valence-corrected chi connectivity index (χ0v) is 18.5. The van der Waals surface area contributed by atoms with E-state index < -0.39 is 15.8 Å². The van der Waals surface area contributed by atoms with E-state index in [1.165, 1.54) is 22.5 Å². The Balaban J connectivity index is 1.48. The molecule has 1 heterocycles. The van der Waals surface area contributed by atoms with E-state index in [-0.39, 0.29) is 55.9 Å². The minimum Gasteiger partial charge on any atom is -0.352 e. The van der Waals surface area contributed by atoms with Gasteiger partial charge >= 0.3 is 0 Å². The van der Waals surface area contributed by atoms with Crippen molar-refractivity contribution in [3.05, 3.63) is 64.4 Å². The molecule has 1 aliphatic rings. The standard InChI is InChI=1S/C20H21BrFN3O4S/c21-16-7-5-15(6-8-16)20(27)23-10-9-19(26)24-11-13-25(14-12-24)30(28,29)18-4-2-1-3-17(18)22/h1-8H,9-14H2,(H,23,27). The highest BCUT2D eigenvalue weighted by atomic mass is 79.9. The second-order valence-corrected chi connectivity index (χ2v) is 9.55. The molecular weight excluding hydrogens is 477 g/mol. The fraction of sp³-hybridized carbons (Fsp3) is 0.300. The lowest BCUT2D eigenvalue weighted by molar-refractivity contribution is -0.132. The third-order valence-electron chi connectivity index (χ3n) is 4.78. The SMILES string of the molecule is O=C(NCCC(=O)N1CCN(S(=O)(=O)c2ccccc2F)CC1)c1ccc(Br)cc1. The molecule has 0 unspecified atom stereocenters. The molecular formula is C20H21BrFN3O4S. The second-order valence-electron chi connectivity index (χ2n) is 6.73. The molecule has 2 amide bonds. The number of piperazine rings is 1. The highest BCUT2D eigenvalue weighted by Crippen LogP contribution is 2.20. The normalized spacial score (nSPS) is 15.1. The summed E-state index contributed by atoms with van der Waals surface area (Å²) in [6, 6.07) is 12.1. The van der Waals surface area contributed by atoms with Crippen LogP contribution in [0.3, 0.4) is 0 Å². The molecule has 0 aliphatic carbocycles. The number of nitrogens with one attached hydrogen (secondary N) is 1. The fourth-order valence-corrected chi connectivity index (χ4v) is 4.87. The van der Waals surface area contributed by atoms with Crippen LogP contribution in [0, 0.1) is 5.82 Å². The van der Waals surface area contributed by atoms with E-state index in [0.29, 0.717) is 5.56 Å². The summed E-state index contributed by atoms with van der Waals surface area (Å²) in [5, 5.41) is 2.70. The van der Waals surface area contributed by atoms with Gasteiger partial charge in [0.15, 0.2) is 0 Å². The number of carbonyl (C=O) groups is 2. The minimum atomic E-state index is -3.94. The van der Waals surface area contributed by atoms with Gasteiger partial charge in [-0.25, -0.2) is 12.8 Å². The summed E-state index contributed by atoms with van der Waals surface area (Å²) >= 11 is 3.30. The average Bonchev–Trinajstić information content (AvgIpc) is 2.74. The summed E-state index contributed by atoms with van der Waals surface area (Å²) in [4.78, 5) is 25.6. The van der Waals surface area contributed by atoms with Gasteiger partial charge < -0.3 is 10.2 Å². The average molecular weight is 498 g/mol. The molecule has 2 aromatic rings. The Morgan fingerprint density at radius 1 is 1.00 bits per heavy atom. The summed E-state index contributed by atoms with van der Waals surface area (Å²) < 4.78 is 41.2. The van der Waals surface area contributed by atoms with Crippen molar-refractivity contribution >= 4 is 37.8 Å². The molecule has 1 fully saturated rings. The van der Waals surface area contributed by atoms with Gasteiger partial charge in [-0.1, -0.05) is 28.1 Å². The van der Waals surface area contributed by atoms with E-state index in [1.54, 1.807) is 29.2 Å². The molecule has 1 N–H and O–H groups in total. The predicted octanol–water partition coefficient (Wildman–Crippen LogP) is 2.24. The van der Waals surface area contributed by atoms with Crippen LogP contribution in [0.25, 0.3) is 0 Å². The number of rotatable bonds is 6. The van der Waals surface area contributed by atoms with Crippen molar-refractivity contribution in [2.24, 2.45) is 0 Å². The van der Waals surface area contributed by atoms with Gasteiger partial charge in [-0.2, -0.15) is 4.31 Å². The maximum absolute atomic E-state index is 13.9. The molecule has 0 aromatic heterocycles. The minimum absolute atomic E-state index is 0.0909. The molecule has 0 bridgehead atoms. The quantitative estimate of drug-likeness (QED) is 0.662. The van der Waals surface area contributed by atoms with E-state index in [1.807, 2.05) is 0 Å². The van der Waals surface area contributed by atoms with Crippen molar-refractivity contribution in [1.29, 1.82) is 0 Å². The van der Waals surface area contributed by atoms with Gasteiger partial charge in [0.1, 0.15) is 10.7 Å². The van der Waals surface area contributed by atoms with Crippen molar-refractivity contribution in [2.45, 2.75) is 11.3 Å². The van der Waals surface area contributed by atoms with Crippen LogP contribution < -0.4 is 5.32 Å². The first-order valence-corrected chi connectivity index (χ1v) is 11.6. The van der Waals surface area contributed by atoms with Crippen molar-refractivity contribution in [3.8, 4) is 0 Å². The Hall–Kier alpha value is -2.30. The first-order valence-electron chi connectivity index (χ1n) is 9.35. The molecule has 30 heavy (non-hydrogen) atoms. The molecule has 0 radical (unpaired) electrons. The van der Waals surface area contributed by atoms with E-state index in [4.69, 9.17) is 0 Å². The molecule has 1 saturated heterocycles. The summed E-state index contributed by atoms with van der Waals surface area (Å²) in [6.07, 6.45) is 0.113. The number of sulfonamides is 1. The number of nitrogens with zero attached hydrogens (tertiary/aromatic N) is 2. The van der Waals surface area contributed by atoms with E-state index in [9.17, 15) is 22.4 Å².